The SMILES string of the molecule is CCOC(=O)CNC(=O)C1CCNC1.Cl. The molecular formula is C9H17ClN2O3. The Labute approximate surface area is 95.3 Å². The van der Waals surface area contributed by atoms with Gasteiger partial charge in [0.1, 0.15) is 6.54 Å². The maximum absolute atomic E-state index is 11.4. The van der Waals surface area contributed by atoms with Crippen LogP contribution in [0.1, 0.15) is 13.3 Å². The van der Waals surface area contributed by atoms with Crippen molar-refractivity contribution in [3.8, 4) is 0 Å². The van der Waals surface area contributed by atoms with Gasteiger partial charge >= 0.3 is 5.97 Å². The fourth-order valence-corrected chi connectivity index (χ4v) is 1.39. The highest BCUT2D eigenvalue weighted by atomic mass is 35.5. The molecule has 1 amide bonds. The molecule has 1 atom stereocenters. The molecule has 15 heavy (non-hydrogen) atoms. The van der Waals surface area contributed by atoms with Gasteiger partial charge in [0.2, 0.25) is 5.91 Å². The first-order valence-electron chi connectivity index (χ1n) is 4.88. The van der Waals surface area contributed by atoms with Gasteiger partial charge in [0, 0.05) is 6.54 Å². The average molecular weight is 237 g/mol. The van der Waals surface area contributed by atoms with Gasteiger partial charge in [-0.2, -0.15) is 0 Å². The van der Waals surface area contributed by atoms with Gasteiger partial charge in [-0.05, 0) is 19.9 Å². The number of rotatable bonds is 4. The quantitative estimate of drug-likeness (QED) is 0.658. The van der Waals surface area contributed by atoms with Crippen LogP contribution in [-0.4, -0.2) is 38.1 Å². The summed E-state index contributed by atoms with van der Waals surface area (Å²) in [7, 11) is 0. The molecule has 1 fully saturated rings. The summed E-state index contributed by atoms with van der Waals surface area (Å²) in [5.74, 6) is -0.445. The average Bonchev–Trinajstić information content (AvgIpc) is 2.67. The predicted molar refractivity (Wildman–Crippen MR) is 57.9 cm³/mol. The van der Waals surface area contributed by atoms with Gasteiger partial charge < -0.3 is 15.4 Å². The Balaban J connectivity index is 0.00000196. The smallest absolute Gasteiger partial charge is 0.325 e. The number of amides is 1. The number of nitrogens with one attached hydrogen (secondary N) is 2. The Hall–Kier alpha value is -0.810. The van der Waals surface area contributed by atoms with Gasteiger partial charge in [0.15, 0.2) is 0 Å². The number of carbonyl (C=O) groups is 2. The first-order chi connectivity index (χ1) is 6.74. The van der Waals surface area contributed by atoms with Crippen molar-refractivity contribution in [2.24, 2.45) is 5.92 Å². The zero-order valence-corrected chi connectivity index (χ0v) is 9.56. The van der Waals surface area contributed by atoms with E-state index in [2.05, 4.69) is 15.4 Å². The van der Waals surface area contributed by atoms with Gasteiger partial charge in [0.05, 0.1) is 12.5 Å². The second-order valence-electron chi connectivity index (χ2n) is 3.21. The third kappa shape index (κ3) is 4.99. The molecule has 0 aromatic carbocycles. The lowest BCUT2D eigenvalue weighted by molar-refractivity contribution is -0.143. The fourth-order valence-electron chi connectivity index (χ4n) is 1.39. The molecule has 0 aromatic rings. The molecule has 1 aliphatic heterocycles. The molecule has 1 rings (SSSR count). The van der Waals surface area contributed by atoms with Crippen LogP contribution in [0.3, 0.4) is 0 Å². The Morgan fingerprint density at radius 3 is 2.80 bits per heavy atom. The molecule has 5 nitrogen and oxygen atoms in total. The Morgan fingerprint density at radius 2 is 2.27 bits per heavy atom. The summed E-state index contributed by atoms with van der Waals surface area (Å²) in [5, 5.41) is 5.64. The third-order valence-corrected chi connectivity index (χ3v) is 2.14. The van der Waals surface area contributed by atoms with E-state index >= 15 is 0 Å². The van der Waals surface area contributed by atoms with E-state index in [-0.39, 0.29) is 36.7 Å². The van der Waals surface area contributed by atoms with Crippen molar-refractivity contribution < 1.29 is 14.3 Å². The Kier molecular flexibility index (Phi) is 7.07. The molecule has 0 aliphatic carbocycles. The number of hydrogen-bond donors (Lipinski definition) is 2. The number of carbonyl (C=O) groups excluding carboxylic acids is 2. The molecule has 1 saturated heterocycles. The van der Waals surface area contributed by atoms with Gasteiger partial charge in [0.25, 0.3) is 0 Å². The second kappa shape index (κ2) is 7.48. The van der Waals surface area contributed by atoms with Crippen LogP contribution in [0.4, 0.5) is 0 Å². The minimum atomic E-state index is -0.383. The zero-order valence-electron chi connectivity index (χ0n) is 8.75. The first-order valence-corrected chi connectivity index (χ1v) is 4.88. The van der Waals surface area contributed by atoms with Crippen LogP contribution in [0, 0.1) is 5.92 Å². The predicted octanol–water partition coefficient (Wildman–Crippen LogP) is -0.303. The lowest BCUT2D eigenvalue weighted by Crippen LogP contribution is -2.36. The third-order valence-electron chi connectivity index (χ3n) is 2.14. The van der Waals surface area contributed by atoms with Gasteiger partial charge in [-0.3, -0.25) is 9.59 Å². The molecule has 6 heteroatoms. The largest absolute Gasteiger partial charge is 0.465 e. The van der Waals surface area contributed by atoms with Gasteiger partial charge in [-0.25, -0.2) is 0 Å². The van der Waals surface area contributed by atoms with E-state index in [1.165, 1.54) is 0 Å². The maximum atomic E-state index is 11.4. The Morgan fingerprint density at radius 1 is 1.53 bits per heavy atom. The topological polar surface area (TPSA) is 67.4 Å². The van der Waals surface area contributed by atoms with Crippen LogP contribution in [-0.2, 0) is 14.3 Å². The molecule has 0 saturated carbocycles. The van der Waals surface area contributed by atoms with Gasteiger partial charge in [-0.1, -0.05) is 0 Å². The van der Waals surface area contributed by atoms with Crippen LogP contribution in [0.2, 0.25) is 0 Å². The first kappa shape index (κ1) is 14.2. The van der Waals surface area contributed by atoms with Crippen molar-refractivity contribution >= 4 is 24.3 Å². The van der Waals surface area contributed by atoms with Crippen molar-refractivity contribution in [1.29, 1.82) is 0 Å². The molecule has 1 unspecified atom stereocenters. The lowest BCUT2D eigenvalue weighted by Gasteiger charge is -2.08. The molecular weight excluding hydrogens is 220 g/mol. The van der Waals surface area contributed by atoms with E-state index in [0.29, 0.717) is 13.2 Å². The molecule has 2 N–H and O–H groups in total. The standard InChI is InChI=1S/C9H16N2O3.ClH/c1-2-14-8(12)6-11-9(13)7-3-4-10-5-7;/h7,10H,2-6H2,1H3,(H,11,13);1H. The second-order valence-corrected chi connectivity index (χ2v) is 3.21. The molecule has 0 aromatic heterocycles. The molecule has 0 spiro atoms. The number of hydrogen-bond acceptors (Lipinski definition) is 4. The van der Waals surface area contributed by atoms with E-state index in [4.69, 9.17) is 0 Å². The summed E-state index contributed by atoms with van der Waals surface area (Å²) in [4.78, 5) is 22.3. The molecule has 1 aliphatic rings. The normalized spacial score (nSPS) is 19.1. The molecule has 0 radical (unpaired) electrons. The molecule has 1 heterocycles. The number of esters is 1. The van der Waals surface area contributed by atoms with Crippen LogP contribution < -0.4 is 10.6 Å². The monoisotopic (exact) mass is 236 g/mol. The maximum Gasteiger partial charge on any atom is 0.325 e. The molecule has 88 valence electrons. The number of ether oxygens (including phenoxy) is 1. The van der Waals surface area contributed by atoms with E-state index < -0.39 is 0 Å². The number of halogens is 1. The van der Waals surface area contributed by atoms with Crippen molar-refractivity contribution in [1.82, 2.24) is 10.6 Å². The van der Waals surface area contributed by atoms with Crippen molar-refractivity contribution in [3.05, 3.63) is 0 Å². The summed E-state index contributed by atoms with van der Waals surface area (Å²) >= 11 is 0. The van der Waals surface area contributed by atoms with Gasteiger partial charge in [-0.15, -0.1) is 12.4 Å². The lowest BCUT2D eigenvalue weighted by atomic mass is 10.1. The van der Waals surface area contributed by atoms with E-state index in [9.17, 15) is 9.59 Å². The molecule has 0 bridgehead atoms. The summed E-state index contributed by atoms with van der Waals surface area (Å²) in [6, 6.07) is 0. The highest BCUT2D eigenvalue weighted by Gasteiger charge is 2.22. The van der Waals surface area contributed by atoms with E-state index in [1.54, 1.807) is 6.92 Å². The highest BCUT2D eigenvalue weighted by molar-refractivity contribution is 5.85. The van der Waals surface area contributed by atoms with Crippen LogP contribution in [0.25, 0.3) is 0 Å². The summed E-state index contributed by atoms with van der Waals surface area (Å²) in [5.41, 5.74) is 0. The zero-order chi connectivity index (χ0) is 10.4. The Bertz CT molecular complexity index is 217. The summed E-state index contributed by atoms with van der Waals surface area (Å²) in [6.07, 6.45) is 0.842. The minimum Gasteiger partial charge on any atom is -0.465 e. The summed E-state index contributed by atoms with van der Waals surface area (Å²) < 4.78 is 4.69. The highest BCUT2D eigenvalue weighted by Crippen LogP contribution is 2.06. The van der Waals surface area contributed by atoms with E-state index in [1.807, 2.05) is 0 Å². The van der Waals surface area contributed by atoms with Crippen molar-refractivity contribution in [2.75, 3.05) is 26.2 Å². The minimum absolute atomic E-state index is 0. The van der Waals surface area contributed by atoms with Crippen LogP contribution >= 0.6 is 12.4 Å². The fraction of sp³-hybridized carbons (Fsp3) is 0.778. The van der Waals surface area contributed by atoms with Crippen molar-refractivity contribution in [2.45, 2.75) is 13.3 Å². The van der Waals surface area contributed by atoms with Crippen molar-refractivity contribution in [3.63, 3.8) is 0 Å². The van der Waals surface area contributed by atoms with Crippen LogP contribution in [0.15, 0.2) is 0 Å². The van der Waals surface area contributed by atoms with E-state index in [0.717, 1.165) is 13.0 Å². The summed E-state index contributed by atoms with van der Waals surface area (Å²) in [6.45, 7) is 3.63. The van der Waals surface area contributed by atoms with Crippen LogP contribution in [0.5, 0.6) is 0 Å².